The quantitative estimate of drug-likeness (QED) is 0.924. The number of benzene rings is 1. The van der Waals surface area contributed by atoms with Crippen LogP contribution in [0.2, 0.25) is 0 Å². The molecule has 0 aliphatic carbocycles. The summed E-state index contributed by atoms with van der Waals surface area (Å²) in [5.74, 6) is 0.289. The number of aryl methyl sites for hydroxylation is 1. The second-order valence-electron chi connectivity index (χ2n) is 3.50. The van der Waals surface area contributed by atoms with Crippen LogP contribution in [0.1, 0.15) is 5.56 Å². The fraction of sp³-hybridized carbons (Fsp3) is 0.200. The summed E-state index contributed by atoms with van der Waals surface area (Å²) in [7, 11) is -2.29. The van der Waals surface area contributed by atoms with Gasteiger partial charge in [-0.25, -0.2) is 8.42 Å². The van der Waals surface area contributed by atoms with Crippen LogP contribution in [-0.4, -0.2) is 25.7 Å². The molecule has 96 valence electrons. The molecule has 0 amide bonds. The SMILES string of the molecule is COc1ccc(C)cc1S(=O)(=O)Nc1nncs1. The van der Waals surface area contributed by atoms with Gasteiger partial charge >= 0.3 is 0 Å². The van der Waals surface area contributed by atoms with Gasteiger partial charge in [-0.05, 0) is 24.6 Å². The second-order valence-corrected chi connectivity index (χ2v) is 5.99. The lowest BCUT2D eigenvalue weighted by Gasteiger charge is -2.10. The van der Waals surface area contributed by atoms with E-state index in [4.69, 9.17) is 4.74 Å². The van der Waals surface area contributed by atoms with Crippen LogP contribution in [0.25, 0.3) is 0 Å². The third-order valence-corrected chi connectivity index (χ3v) is 4.29. The number of aromatic nitrogens is 2. The predicted molar refractivity (Wildman–Crippen MR) is 68.4 cm³/mol. The summed E-state index contributed by atoms with van der Waals surface area (Å²) in [6, 6.07) is 4.94. The third-order valence-electron chi connectivity index (χ3n) is 2.19. The van der Waals surface area contributed by atoms with Crippen LogP contribution in [0, 0.1) is 6.92 Å². The zero-order valence-electron chi connectivity index (χ0n) is 9.75. The maximum Gasteiger partial charge on any atom is 0.267 e. The van der Waals surface area contributed by atoms with E-state index in [1.807, 2.05) is 6.92 Å². The molecule has 1 aromatic heterocycles. The molecule has 0 bridgehead atoms. The normalized spacial score (nSPS) is 11.2. The van der Waals surface area contributed by atoms with Gasteiger partial charge in [0.15, 0.2) is 0 Å². The maximum absolute atomic E-state index is 12.2. The van der Waals surface area contributed by atoms with Gasteiger partial charge in [-0.15, -0.1) is 10.2 Å². The highest BCUT2D eigenvalue weighted by Crippen LogP contribution is 2.26. The molecule has 0 spiro atoms. The van der Waals surface area contributed by atoms with Crippen molar-refractivity contribution in [2.45, 2.75) is 11.8 Å². The minimum Gasteiger partial charge on any atom is -0.495 e. The Labute approximate surface area is 109 Å². The van der Waals surface area contributed by atoms with Crippen molar-refractivity contribution in [3.8, 4) is 5.75 Å². The molecule has 0 atom stereocenters. The van der Waals surface area contributed by atoms with E-state index in [-0.39, 0.29) is 15.8 Å². The van der Waals surface area contributed by atoms with Crippen molar-refractivity contribution in [1.82, 2.24) is 10.2 Å². The zero-order valence-corrected chi connectivity index (χ0v) is 11.4. The summed E-state index contributed by atoms with van der Waals surface area (Å²) in [6.45, 7) is 1.81. The Kier molecular flexibility index (Phi) is 3.48. The molecule has 18 heavy (non-hydrogen) atoms. The highest BCUT2D eigenvalue weighted by Gasteiger charge is 2.20. The van der Waals surface area contributed by atoms with Crippen LogP contribution in [0.4, 0.5) is 5.13 Å². The van der Waals surface area contributed by atoms with Gasteiger partial charge in [-0.1, -0.05) is 17.4 Å². The first kappa shape index (κ1) is 12.8. The first-order valence-corrected chi connectivity index (χ1v) is 7.33. The molecular formula is C10H11N3O3S2. The smallest absolute Gasteiger partial charge is 0.267 e. The molecule has 2 aromatic rings. The number of rotatable bonds is 4. The molecule has 8 heteroatoms. The number of nitrogens with zero attached hydrogens (tertiary/aromatic N) is 2. The van der Waals surface area contributed by atoms with E-state index in [2.05, 4.69) is 14.9 Å². The van der Waals surface area contributed by atoms with Gasteiger partial charge in [0.2, 0.25) is 5.13 Å². The summed E-state index contributed by atoms with van der Waals surface area (Å²) < 4.78 is 31.8. The van der Waals surface area contributed by atoms with E-state index >= 15 is 0 Å². The number of sulfonamides is 1. The minimum atomic E-state index is -3.72. The molecule has 0 aliphatic rings. The highest BCUT2D eigenvalue weighted by molar-refractivity contribution is 7.93. The first-order chi connectivity index (χ1) is 8.53. The molecule has 0 aliphatic heterocycles. The van der Waals surface area contributed by atoms with Crippen LogP contribution >= 0.6 is 11.3 Å². The van der Waals surface area contributed by atoms with E-state index in [1.165, 1.54) is 12.6 Å². The van der Waals surface area contributed by atoms with Gasteiger partial charge in [0.25, 0.3) is 10.0 Å². The number of nitrogens with one attached hydrogen (secondary N) is 1. The molecule has 0 saturated heterocycles. The molecule has 2 rings (SSSR count). The molecule has 1 heterocycles. The molecule has 6 nitrogen and oxygen atoms in total. The summed E-state index contributed by atoms with van der Waals surface area (Å²) in [5, 5.41) is 7.43. The van der Waals surface area contributed by atoms with Crippen molar-refractivity contribution in [1.29, 1.82) is 0 Å². The van der Waals surface area contributed by atoms with Crippen LogP contribution < -0.4 is 9.46 Å². The van der Waals surface area contributed by atoms with Crippen molar-refractivity contribution in [3.05, 3.63) is 29.3 Å². The van der Waals surface area contributed by atoms with Gasteiger partial charge in [-0.2, -0.15) is 0 Å². The highest BCUT2D eigenvalue weighted by atomic mass is 32.2. The Hall–Kier alpha value is -1.67. The molecule has 0 radical (unpaired) electrons. The van der Waals surface area contributed by atoms with Gasteiger partial charge in [-0.3, -0.25) is 4.72 Å². The maximum atomic E-state index is 12.2. The summed E-state index contributed by atoms with van der Waals surface area (Å²) in [4.78, 5) is 0.0835. The number of hydrogen-bond acceptors (Lipinski definition) is 6. The lowest BCUT2D eigenvalue weighted by Crippen LogP contribution is -2.14. The Morgan fingerprint density at radius 3 is 2.78 bits per heavy atom. The van der Waals surface area contributed by atoms with Crippen molar-refractivity contribution in [2.24, 2.45) is 0 Å². The first-order valence-electron chi connectivity index (χ1n) is 4.96. The van der Waals surface area contributed by atoms with E-state index in [0.29, 0.717) is 0 Å². The van der Waals surface area contributed by atoms with Crippen molar-refractivity contribution in [2.75, 3.05) is 11.8 Å². The van der Waals surface area contributed by atoms with Crippen molar-refractivity contribution < 1.29 is 13.2 Å². The predicted octanol–water partition coefficient (Wildman–Crippen LogP) is 1.66. The van der Waals surface area contributed by atoms with E-state index in [0.717, 1.165) is 16.9 Å². The molecule has 0 fully saturated rings. The summed E-state index contributed by atoms with van der Waals surface area (Å²) in [5.41, 5.74) is 2.28. The van der Waals surface area contributed by atoms with Crippen LogP contribution in [0.15, 0.2) is 28.6 Å². The van der Waals surface area contributed by atoms with Gasteiger partial charge < -0.3 is 4.74 Å². The largest absolute Gasteiger partial charge is 0.495 e. The average molecular weight is 285 g/mol. The van der Waals surface area contributed by atoms with Crippen LogP contribution in [0.5, 0.6) is 5.75 Å². The van der Waals surface area contributed by atoms with Gasteiger partial charge in [0, 0.05) is 0 Å². The number of ether oxygens (including phenoxy) is 1. The summed E-state index contributed by atoms with van der Waals surface area (Å²) in [6.07, 6.45) is 0. The number of methoxy groups -OCH3 is 1. The van der Waals surface area contributed by atoms with Crippen molar-refractivity contribution >= 4 is 26.5 Å². The number of anilines is 1. The molecule has 1 N–H and O–H groups in total. The summed E-state index contributed by atoms with van der Waals surface area (Å²) >= 11 is 1.11. The van der Waals surface area contributed by atoms with E-state index in [1.54, 1.807) is 18.2 Å². The Bertz CT molecular complexity index is 638. The molecule has 0 saturated carbocycles. The Balaban J connectivity index is 2.43. The number of hydrogen-bond donors (Lipinski definition) is 1. The zero-order chi connectivity index (χ0) is 13.2. The monoisotopic (exact) mass is 285 g/mol. The molecule has 1 aromatic carbocycles. The molecular weight excluding hydrogens is 274 g/mol. The second kappa shape index (κ2) is 4.91. The topological polar surface area (TPSA) is 81.2 Å². The van der Waals surface area contributed by atoms with Gasteiger partial charge in [0.1, 0.15) is 16.2 Å². The lowest BCUT2D eigenvalue weighted by molar-refractivity contribution is 0.402. The molecule has 0 unspecified atom stereocenters. The fourth-order valence-electron chi connectivity index (χ4n) is 1.38. The third kappa shape index (κ3) is 2.59. The van der Waals surface area contributed by atoms with E-state index in [9.17, 15) is 8.42 Å². The standard InChI is InChI=1S/C10H11N3O3S2/c1-7-3-4-8(16-2)9(5-7)18(14,15)13-10-12-11-6-17-10/h3-6H,1-2H3,(H,12,13). The van der Waals surface area contributed by atoms with Gasteiger partial charge in [0.05, 0.1) is 7.11 Å². The Morgan fingerprint density at radius 2 is 2.17 bits per heavy atom. The lowest BCUT2D eigenvalue weighted by atomic mass is 10.2. The van der Waals surface area contributed by atoms with Crippen LogP contribution in [-0.2, 0) is 10.0 Å². The van der Waals surface area contributed by atoms with E-state index < -0.39 is 10.0 Å². The fourth-order valence-corrected chi connectivity index (χ4v) is 3.33. The Morgan fingerprint density at radius 1 is 1.39 bits per heavy atom. The minimum absolute atomic E-state index is 0.0835. The average Bonchev–Trinajstić information content (AvgIpc) is 2.81. The van der Waals surface area contributed by atoms with Crippen LogP contribution in [0.3, 0.4) is 0 Å². The van der Waals surface area contributed by atoms with Crippen molar-refractivity contribution in [3.63, 3.8) is 0 Å².